The number of carbonyl (C=O) groups is 2. The molecule has 0 bridgehead atoms. The number of carbonyl (C=O) groups excluding carboxylic acids is 2. The molecule has 0 spiro atoms. The third-order valence-electron chi connectivity index (χ3n) is 5.97. The molecule has 28 heavy (non-hydrogen) atoms. The highest BCUT2D eigenvalue weighted by molar-refractivity contribution is 7.19. The molecule has 0 amide bonds. The number of aliphatic hydroxyl groups is 2. The zero-order chi connectivity index (χ0) is 19.9. The molecule has 4 nitrogen and oxygen atoms in total. The number of unbranched alkanes of at least 4 members (excludes halogenated alkanes) is 4. The van der Waals surface area contributed by atoms with Gasteiger partial charge in [-0.15, -0.1) is 11.3 Å². The van der Waals surface area contributed by atoms with E-state index in [2.05, 4.69) is 6.07 Å². The molecule has 0 saturated heterocycles. The van der Waals surface area contributed by atoms with E-state index < -0.39 is 12.2 Å². The molecule has 1 saturated carbocycles. The van der Waals surface area contributed by atoms with Crippen molar-refractivity contribution in [3.63, 3.8) is 0 Å². The van der Waals surface area contributed by atoms with E-state index in [9.17, 15) is 19.8 Å². The highest BCUT2D eigenvalue weighted by atomic mass is 32.1. The molecule has 1 aromatic carbocycles. The van der Waals surface area contributed by atoms with Crippen LogP contribution in [0.1, 0.15) is 68.8 Å². The van der Waals surface area contributed by atoms with Crippen LogP contribution in [0.15, 0.2) is 30.3 Å². The molecule has 152 valence electrons. The maximum absolute atomic E-state index is 12.3. The molecule has 1 aliphatic rings. The van der Waals surface area contributed by atoms with Crippen LogP contribution in [-0.2, 0) is 9.59 Å². The zero-order valence-electron chi connectivity index (χ0n) is 16.3. The Morgan fingerprint density at radius 3 is 2.71 bits per heavy atom. The van der Waals surface area contributed by atoms with Crippen LogP contribution in [0.3, 0.4) is 0 Å². The molecular formula is C23H30O4S. The summed E-state index contributed by atoms with van der Waals surface area (Å²) >= 11 is 1.61. The van der Waals surface area contributed by atoms with Gasteiger partial charge in [0.2, 0.25) is 0 Å². The van der Waals surface area contributed by atoms with Gasteiger partial charge in [-0.3, -0.25) is 4.79 Å². The van der Waals surface area contributed by atoms with Crippen molar-refractivity contribution < 1.29 is 19.8 Å². The first-order chi connectivity index (χ1) is 13.6. The van der Waals surface area contributed by atoms with Crippen LogP contribution in [0.25, 0.3) is 10.1 Å². The van der Waals surface area contributed by atoms with Gasteiger partial charge in [-0.25, -0.2) is 0 Å². The second-order valence-corrected chi connectivity index (χ2v) is 9.06. The summed E-state index contributed by atoms with van der Waals surface area (Å²) in [6, 6.07) is 10.1. The van der Waals surface area contributed by atoms with Crippen molar-refractivity contribution >= 4 is 33.5 Å². The number of hydrogen-bond donors (Lipinski definition) is 2. The van der Waals surface area contributed by atoms with E-state index in [1.807, 2.05) is 24.3 Å². The largest absolute Gasteiger partial charge is 0.392 e. The average molecular weight is 403 g/mol. The topological polar surface area (TPSA) is 74.6 Å². The van der Waals surface area contributed by atoms with Crippen LogP contribution in [0.4, 0.5) is 0 Å². The summed E-state index contributed by atoms with van der Waals surface area (Å²) in [7, 11) is 0. The second kappa shape index (κ2) is 10.3. The number of thiophene rings is 1. The van der Waals surface area contributed by atoms with E-state index in [0.717, 1.165) is 48.7 Å². The highest BCUT2D eigenvalue weighted by Crippen LogP contribution is 2.39. The Balaban J connectivity index is 1.51. The summed E-state index contributed by atoms with van der Waals surface area (Å²) in [5.41, 5.74) is 0. The number of fused-ring (bicyclic) bond motifs is 1. The molecular weight excluding hydrogens is 372 g/mol. The molecule has 2 N–H and O–H groups in total. The molecule has 0 radical (unpaired) electrons. The number of hydrogen-bond acceptors (Lipinski definition) is 5. The Bertz CT molecular complexity index is 751. The van der Waals surface area contributed by atoms with Crippen LogP contribution >= 0.6 is 11.3 Å². The summed E-state index contributed by atoms with van der Waals surface area (Å²) in [5, 5.41) is 22.1. The summed E-state index contributed by atoms with van der Waals surface area (Å²) < 4.78 is 1.17. The Hall–Kier alpha value is -1.56. The molecule has 2 aromatic rings. The van der Waals surface area contributed by atoms with E-state index in [1.165, 1.54) is 4.70 Å². The van der Waals surface area contributed by atoms with Crippen molar-refractivity contribution in [3.8, 4) is 0 Å². The van der Waals surface area contributed by atoms with Crippen LogP contribution in [0.5, 0.6) is 0 Å². The van der Waals surface area contributed by atoms with Gasteiger partial charge in [-0.05, 0) is 49.1 Å². The first-order valence-electron chi connectivity index (χ1n) is 10.4. The minimum absolute atomic E-state index is 0.0495. The minimum atomic E-state index is -0.581. The van der Waals surface area contributed by atoms with Crippen LogP contribution in [-0.4, -0.2) is 28.4 Å². The Kier molecular flexibility index (Phi) is 7.77. The third-order valence-corrected chi connectivity index (χ3v) is 7.19. The monoisotopic (exact) mass is 402 g/mol. The smallest absolute Gasteiger partial charge is 0.138 e. The van der Waals surface area contributed by atoms with Gasteiger partial charge in [0.25, 0.3) is 0 Å². The van der Waals surface area contributed by atoms with Gasteiger partial charge in [-0.1, -0.05) is 37.5 Å². The van der Waals surface area contributed by atoms with Gasteiger partial charge in [0, 0.05) is 28.3 Å². The van der Waals surface area contributed by atoms with Gasteiger partial charge in [0.05, 0.1) is 12.2 Å². The summed E-state index contributed by atoms with van der Waals surface area (Å²) in [6.07, 6.45) is 6.62. The van der Waals surface area contributed by atoms with Crippen LogP contribution in [0.2, 0.25) is 0 Å². The SMILES string of the molecule is O=CCCCCCC[C@H]1C(=O)C[C@@H](O)[C@@H]1CC[C@@H](O)c1cc2ccccc2s1. The number of aldehydes is 1. The fourth-order valence-electron chi connectivity index (χ4n) is 4.39. The van der Waals surface area contributed by atoms with Crippen molar-refractivity contribution in [1.82, 2.24) is 0 Å². The first-order valence-corrected chi connectivity index (χ1v) is 11.2. The quantitative estimate of drug-likeness (QED) is 0.417. The van der Waals surface area contributed by atoms with E-state index >= 15 is 0 Å². The lowest BCUT2D eigenvalue weighted by Gasteiger charge is -2.22. The Morgan fingerprint density at radius 2 is 1.93 bits per heavy atom. The number of ketones is 1. The molecule has 3 rings (SSSR count). The molecule has 0 aliphatic heterocycles. The molecule has 5 heteroatoms. The molecule has 1 aliphatic carbocycles. The number of rotatable bonds is 11. The van der Waals surface area contributed by atoms with Gasteiger partial charge < -0.3 is 15.0 Å². The van der Waals surface area contributed by atoms with Crippen LogP contribution < -0.4 is 0 Å². The van der Waals surface area contributed by atoms with E-state index in [0.29, 0.717) is 19.3 Å². The number of benzene rings is 1. The van der Waals surface area contributed by atoms with E-state index in [-0.39, 0.29) is 24.0 Å². The maximum Gasteiger partial charge on any atom is 0.138 e. The standard InChI is InChI=1S/C23H30O4S/c24-13-7-3-1-2-4-9-17-18(21(27)15-20(17)26)11-12-19(25)23-14-16-8-5-6-10-22(16)28-23/h5-6,8,10,13-14,17-19,21,25,27H,1-4,7,9,11-12,15H2/t17-,18-,19-,21-/m1/s1. The van der Waals surface area contributed by atoms with Crippen molar-refractivity contribution in [3.05, 3.63) is 35.2 Å². The Morgan fingerprint density at radius 1 is 1.14 bits per heavy atom. The molecule has 4 atom stereocenters. The second-order valence-electron chi connectivity index (χ2n) is 7.95. The summed E-state index contributed by atoms with van der Waals surface area (Å²) in [5.74, 6) is 0.0314. The predicted octanol–water partition coefficient (Wildman–Crippen LogP) is 4.82. The van der Waals surface area contributed by atoms with Gasteiger partial charge >= 0.3 is 0 Å². The van der Waals surface area contributed by atoms with Crippen molar-refractivity contribution in [1.29, 1.82) is 0 Å². The normalized spacial score (nSPS) is 23.4. The molecule has 1 aromatic heterocycles. The highest BCUT2D eigenvalue weighted by Gasteiger charge is 2.40. The van der Waals surface area contributed by atoms with E-state index in [4.69, 9.17) is 0 Å². The molecule has 0 unspecified atom stereocenters. The summed E-state index contributed by atoms with van der Waals surface area (Å²) in [4.78, 5) is 23.6. The number of Topliss-reactive ketones (excluding diaryl/α,β-unsaturated/α-hetero) is 1. The van der Waals surface area contributed by atoms with Crippen molar-refractivity contribution in [2.24, 2.45) is 11.8 Å². The fourth-order valence-corrected chi connectivity index (χ4v) is 5.47. The molecule has 1 fully saturated rings. The average Bonchev–Trinajstić information content (AvgIpc) is 3.23. The predicted molar refractivity (Wildman–Crippen MR) is 112 cm³/mol. The minimum Gasteiger partial charge on any atom is -0.392 e. The maximum atomic E-state index is 12.3. The first kappa shape index (κ1) is 21.2. The number of aliphatic hydroxyl groups excluding tert-OH is 2. The summed E-state index contributed by atoms with van der Waals surface area (Å²) in [6.45, 7) is 0. The van der Waals surface area contributed by atoms with Gasteiger partial charge in [0.1, 0.15) is 12.1 Å². The lowest BCUT2D eigenvalue weighted by molar-refractivity contribution is -0.121. The lowest BCUT2D eigenvalue weighted by atomic mass is 9.85. The van der Waals surface area contributed by atoms with E-state index in [1.54, 1.807) is 11.3 Å². The van der Waals surface area contributed by atoms with Gasteiger partial charge in [-0.2, -0.15) is 0 Å². The van der Waals surface area contributed by atoms with Gasteiger partial charge in [0.15, 0.2) is 0 Å². The van der Waals surface area contributed by atoms with Crippen LogP contribution in [0, 0.1) is 11.8 Å². The van der Waals surface area contributed by atoms with Crippen molar-refractivity contribution in [2.75, 3.05) is 0 Å². The Labute approximate surface area is 170 Å². The van der Waals surface area contributed by atoms with Crippen molar-refractivity contribution in [2.45, 2.75) is 70.0 Å². The fraction of sp³-hybridized carbons (Fsp3) is 0.565. The zero-order valence-corrected chi connectivity index (χ0v) is 17.1. The molecule has 1 heterocycles. The third kappa shape index (κ3) is 5.28. The lowest BCUT2D eigenvalue weighted by Crippen LogP contribution is -2.21.